The van der Waals surface area contributed by atoms with Gasteiger partial charge in [0.2, 0.25) is 11.8 Å². The third-order valence-corrected chi connectivity index (χ3v) is 4.35. The van der Waals surface area contributed by atoms with Gasteiger partial charge < -0.3 is 19.7 Å². The van der Waals surface area contributed by atoms with E-state index in [9.17, 15) is 23.6 Å². The van der Waals surface area contributed by atoms with Crippen molar-refractivity contribution in [1.29, 1.82) is 0 Å². The van der Waals surface area contributed by atoms with Crippen molar-refractivity contribution in [2.24, 2.45) is 11.8 Å². The zero-order chi connectivity index (χ0) is 20.8. The molecule has 2 amide bonds. The predicted molar refractivity (Wildman–Crippen MR) is 90.0 cm³/mol. The number of rotatable bonds is 7. The Labute approximate surface area is 159 Å². The fraction of sp³-hybridized carbons (Fsp3) is 0.444. The van der Waals surface area contributed by atoms with E-state index in [0.717, 1.165) is 19.2 Å². The number of imide groups is 1. The summed E-state index contributed by atoms with van der Waals surface area (Å²) in [7, 11) is 1.12. The maximum absolute atomic E-state index is 13.3. The highest BCUT2D eigenvalue weighted by Crippen LogP contribution is 2.40. The summed E-state index contributed by atoms with van der Waals surface area (Å²) >= 11 is 0. The number of aliphatic hydroxyl groups is 2. The number of likely N-dealkylation sites (tertiary alicyclic amines) is 1. The lowest BCUT2D eigenvalue weighted by molar-refractivity contribution is -0.171. The van der Waals surface area contributed by atoms with Gasteiger partial charge in [0, 0.05) is 13.0 Å². The number of ether oxygens (including phenoxy) is 2. The van der Waals surface area contributed by atoms with Crippen LogP contribution in [0, 0.1) is 17.7 Å². The van der Waals surface area contributed by atoms with Gasteiger partial charge in [-0.1, -0.05) is 12.1 Å². The number of carbonyl (C=O) groups is 4. The van der Waals surface area contributed by atoms with Crippen molar-refractivity contribution in [2.75, 3.05) is 33.5 Å². The first kappa shape index (κ1) is 21.5. The molecule has 1 fully saturated rings. The Kier molecular flexibility index (Phi) is 7.18. The average Bonchev–Trinajstić information content (AvgIpc) is 2.68. The molecule has 1 aromatic rings. The summed E-state index contributed by atoms with van der Waals surface area (Å²) in [6, 6.07) is 4.64. The zero-order valence-electron chi connectivity index (χ0n) is 15.0. The molecule has 0 aliphatic carbocycles. The molecule has 0 spiro atoms. The molecule has 1 aromatic carbocycles. The minimum Gasteiger partial charge on any atom is -0.463 e. The number of carbonyl (C=O) groups excluding carboxylic acids is 4. The number of benzene rings is 1. The van der Waals surface area contributed by atoms with E-state index in [1.807, 2.05) is 0 Å². The number of piperidine rings is 1. The fourth-order valence-electron chi connectivity index (χ4n) is 3.06. The number of nitrogens with zero attached hydrogens (tertiary/aromatic N) is 1. The molecule has 1 heterocycles. The number of halogens is 1. The van der Waals surface area contributed by atoms with Gasteiger partial charge in [0.25, 0.3) is 0 Å². The topological polar surface area (TPSA) is 130 Å². The highest BCUT2D eigenvalue weighted by atomic mass is 19.1. The van der Waals surface area contributed by atoms with Crippen LogP contribution < -0.4 is 0 Å². The molecule has 2 N–H and O–H groups in total. The van der Waals surface area contributed by atoms with Crippen LogP contribution in [0.2, 0.25) is 0 Å². The van der Waals surface area contributed by atoms with Crippen molar-refractivity contribution in [1.82, 2.24) is 4.90 Å². The Morgan fingerprint density at radius 1 is 0.964 bits per heavy atom. The molecule has 1 saturated heterocycles. The second-order valence-corrected chi connectivity index (χ2v) is 6.05. The summed E-state index contributed by atoms with van der Waals surface area (Å²) in [5.74, 6) is -8.90. The van der Waals surface area contributed by atoms with Crippen LogP contribution in [0.1, 0.15) is 11.5 Å². The molecule has 3 atom stereocenters. The smallest absolute Gasteiger partial charge is 0.319 e. The van der Waals surface area contributed by atoms with Crippen molar-refractivity contribution in [3.05, 3.63) is 35.6 Å². The van der Waals surface area contributed by atoms with Crippen LogP contribution in [0.4, 0.5) is 4.39 Å². The minimum absolute atomic E-state index is 0.188. The first-order valence-electron chi connectivity index (χ1n) is 8.45. The van der Waals surface area contributed by atoms with E-state index in [1.54, 1.807) is 0 Å². The number of esters is 2. The lowest BCUT2D eigenvalue weighted by Gasteiger charge is -2.38. The monoisotopic (exact) mass is 397 g/mol. The van der Waals surface area contributed by atoms with Gasteiger partial charge in [0.1, 0.15) is 30.9 Å². The van der Waals surface area contributed by atoms with Gasteiger partial charge in [-0.3, -0.25) is 24.1 Å². The Bertz CT molecular complexity index is 710. The zero-order valence-corrected chi connectivity index (χ0v) is 15.0. The van der Waals surface area contributed by atoms with Crippen molar-refractivity contribution >= 4 is 23.8 Å². The third-order valence-electron chi connectivity index (χ3n) is 4.35. The highest BCUT2D eigenvalue weighted by Gasteiger charge is 2.55. The second-order valence-electron chi connectivity index (χ2n) is 6.05. The Balaban J connectivity index is 2.53. The lowest BCUT2D eigenvalue weighted by Crippen LogP contribution is -2.56. The third kappa shape index (κ3) is 4.34. The molecule has 1 aliphatic heterocycles. The molecule has 0 bridgehead atoms. The molecule has 2 rings (SSSR count). The van der Waals surface area contributed by atoms with Crippen molar-refractivity contribution in [3.8, 4) is 0 Å². The summed E-state index contributed by atoms with van der Waals surface area (Å²) in [6.45, 7) is -1.72. The van der Waals surface area contributed by atoms with Crippen molar-refractivity contribution in [2.45, 2.75) is 5.92 Å². The summed E-state index contributed by atoms with van der Waals surface area (Å²) < 4.78 is 23.0. The molecule has 0 aromatic heterocycles. The number of hydrogen-bond acceptors (Lipinski definition) is 8. The molecule has 0 radical (unpaired) electrons. The maximum Gasteiger partial charge on any atom is 0.319 e. The SMILES string of the molecule is CN1C(=O)[C@@H](C(=O)OCCO)C(c2ccc(F)cc2)[C@@H](C(=O)OCCO)C1=O. The molecule has 1 unspecified atom stereocenters. The van der Waals surface area contributed by atoms with E-state index in [0.29, 0.717) is 4.90 Å². The van der Waals surface area contributed by atoms with Crippen LogP contribution in [-0.4, -0.2) is 72.3 Å². The Morgan fingerprint density at radius 2 is 1.39 bits per heavy atom. The molecule has 152 valence electrons. The molecule has 1 aliphatic rings. The quantitative estimate of drug-likeness (QED) is 0.348. The van der Waals surface area contributed by atoms with E-state index >= 15 is 0 Å². The van der Waals surface area contributed by atoms with Gasteiger partial charge in [0.05, 0.1) is 13.2 Å². The Morgan fingerprint density at radius 3 is 1.79 bits per heavy atom. The highest BCUT2D eigenvalue weighted by molar-refractivity contribution is 6.14. The van der Waals surface area contributed by atoms with E-state index < -0.39 is 60.5 Å². The molecule has 28 heavy (non-hydrogen) atoms. The normalized spacial score (nSPS) is 22.1. The van der Waals surface area contributed by atoms with Crippen LogP contribution in [-0.2, 0) is 28.7 Å². The van der Waals surface area contributed by atoms with Crippen LogP contribution in [0.5, 0.6) is 0 Å². The number of hydrogen-bond donors (Lipinski definition) is 2. The Hall–Kier alpha value is -2.85. The standard InChI is InChI=1S/C18H20FNO8/c1-20-15(23)13(17(25)27-8-6-21)12(10-2-4-11(19)5-3-10)14(16(20)24)18(26)28-9-7-22/h2-5,12-14,21-22H,6-9H2,1H3/t12?,13-,14+. The van der Waals surface area contributed by atoms with Gasteiger partial charge >= 0.3 is 11.9 Å². The summed E-state index contributed by atoms with van der Waals surface area (Å²) in [5.41, 5.74) is 0.188. The molecular weight excluding hydrogens is 377 g/mol. The van der Waals surface area contributed by atoms with Crippen LogP contribution in [0.25, 0.3) is 0 Å². The molecule has 9 nitrogen and oxygen atoms in total. The second kappa shape index (κ2) is 9.38. The molecular formula is C18H20FNO8. The maximum atomic E-state index is 13.3. The van der Waals surface area contributed by atoms with E-state index in [2.05, 4.69) is 0 Å². The predicted octanol–water partition coefficient (Wildman–Crippen LogP) is -0.789. The van der Waals surface area contributed by atoms with Gasteiger partial charge in [0.15, 0.2) is 0 Å². The van der Waals surface area contributed by atoms with Crippen LogP contribution in [0.15, 0.2) is 24.3 Å². The first-order valence-corrected chi connectivity index (χ1v) is 8.45. The van der Waals surface area contributed by atoms with E-state index in [4.69, 9.17) is 19.7 Å². The summed E-state index contributed by atoms with van der Waals surface area (Å²) in [6.07, 6.45) is 0. The van der Waals surface area contributed by atoms with E-state index in [1.165, 1.54) is 12.1 Å². The number of amides is 2. The van der Waals surface area contributed by atoms with Gasteiger partial charge in [-0.15, -0.1) is 0 Å². The van der Waals surface area contributed by atoms with Gasteiger partial charge in [-0.2, -0.15) is 0 Å². The number of aliphatic hydroxyl groups excluding tert-OH is 2. The first-order chi connectivity index (χ1) is 13.3. The van der Waals surface area contributed by atoms with Gasteiger partial charge in [-0.05, 0) is 17.7 Å². The summed E-state index contributed by atoms with van der Waals surface area (Å²) in [4.78, 5) is 50.9. The molecule has 10 heteroatoms. The van der Waals surface area contributed by atoms with E-state index in [-0.39, 0.29) is 18.8 Å². The van der Waals surface area contributed by atoms with Crippen molar-refractivity contribution < 1.29 is 43.3 Å². The van der Waals surface area contributed by atoms with Gasteiger partial charge in [-0.25, -0.2) is 4.39 Å². The van der Waals surface area contributed by atoms with Crippen LogP contribution >= 0.6 is 0 Å². The lowest BCUT2D eigenvalue weighted by atomic mass is 9.72. The van der Waals surface area contributed by atoms with Crippen molar-refractivity contribution in [3.63, 3.8) is 0 Å². The minimum atomic E-state index is -1.58. The molecule has 0 saturated carbocycles. The average molecular weight is 397 g/mol. The van der Waals surface area contributed by atoms with Crippen LogP contribution in [0.3, 0.4) is 0 Å². The summed E-state index contributed by atoms with van der Waals surface area (Å²) in [5, 5.41) is 17.7. The fourth-order valence-corrected chi connectivity index (χ4v) is 3.06. The largest absolute Gasteiger partial charge is 0.463 e.